The molecule has 2 atom stereocenters. The molecule has 0 bridgehead atoms. The van der Waals surface area contributed by atoms with E-state index >= 15 is 0 Å². The first-order valence-electron chi connectivity index (χ1n) is 10.0. The Morgan fingerprint density at radius 3 is 2.21 bits per heavy atom. The van der Waals surface area contributed by atoms with Crippen molar-refractivity contribution in [3.63, 3.8) is 0 Å². The third kappa shape index (κ3) is 5.81. The molecule has 0 saturated heterocycles. The first kappa shape index (κ1) is 23.4. The summed E-state index contributed by atoms with van der Waals surface area (Å²) < 4.78 is 34.8. The van der Waals surface area contributed by atoms with Crippen LogP contribution < -0.4 is 4.74 Å². The fourth-order valence-corrected chi connectivity index (χ4v) is 5.04. The van der Waals surface area contributed by atoms with Crippen molar-refractivity contribution in [1.82, 2.24) is 0 Å². The number of methoxy groups -OCH3 is 1. The number of carbonyl (C=O) groups excluding carboxylic acids is 1. The molecule has 7 heteroatoms. The van der Waals surface area contributed by atoms with Gasteiger partial charge in [-0.1, -0.05) is 37.6 Å². The monoisotopic (exact) mass is 422 g/mol. The molecule has 0 aliphatic heterocycles. The van der Waals surface area contributed by atoms with Crippen molar-refractivity contribution in [3.8, 4) is 5.75 Å². The van der Waals surface area contributed by atoms with Crippen LogP contribution in [0.25, 0.3) is 10.8 Å². The molecule has 0 fully saturated rings. The molecule has 0 aromatic heterocycles. The third-order valence-corrected chi connectivity index (χ3v) is 6.99. The second kappa shape index (κ2) is 10.8. The van der Waals surface area contributed by atoms with Crippen LogP contribution in [0.2, 0.25) is 0 Å². The summed E-state index contributed by atoms with van der Waals surface area (Å²) in [5, 5.41) is 2.03. The van der Waals surface area contributed by atoms with Crippen molar-refractivity contribution in [2.24, 2.45) is 0 Å². The van der Waals surface area contributed by atoms with E-state index in [1.165, 1.54) is 0 Å². The fourth-order valence-electron chi connectivity index (χ4n) is 3.10. The van der Waals surface area contributed by atoms with E-state index in [4.69, 9.17) is 18.5 Å². The van der Waals surface area contributed by atoms with Crippen LogP contribution in [0, 0.1) is 0 Å². The molecule has 6 nitrogen and oxygen atoms in total. The van der Waals surface area contributed by atoms with Gasteiger partial charge in [0, 0.05) is 0 Å². The van der Waals surface area contributed by atoms with Crippen molar-refractivity contribution >= 4 is 24.3 Å². The highest BCUT2D eigenvalue weighted by atomic mass is 31.2. The summed E-state index contributed by atoms with van der Waals surface area (Å²) in [6.07, 6.45) is 1.10. The number of esters is 1. The molecule has 2 aromatic rings. The van der Waals surface area contributed by atoms with Gasteiger partial charge in [0.25, 0.3) is 0 Å². The maximum absolute atomic E-state index is 13.1. The highest BCUT2D eigenvalue weighted by molar-refractivity contribution is 7.54. The maximum atomic E-state index is 13.1. The van der Waals surface area contributed by atoms with Gasteiger partial charge in [-0.05, 0) is 55.7 Å². The van der Waals surface area contributed by atoms with E-state index in [0.29, 0.717) is 12.8 Å². The van der Waals surface area contributed by atoms with Gasteiger partial charge in [0.1, 0.15) is 5.75 Å². The van der Waals surface area contributed by atoms with E-state index in [1.807, 2.05) is 43.3 Å². The Kier molecular flexibility index (Phi) is 8.69. The zero-order valence-corrected chi connectivity index (χ0v) is 18.7. The standard InChI is InChI=1S/C22H31O6P/c1-6-9-21(29(24,26-7-2)27-8-3)28-22(23)16(4)17-10-11-19-15-20(25-5)13-12-18(19)14-17/h10-16,21H,6-9H2,1-5H3/t16-,21+/m1/s1. The van der Waals surface area contributed by atoms with Gasteiger partial charge >= 0.3 is 13.6 Å². The predicted octanol–water partition coefficient (Wildman–Crippen LogP) is 5.89. The van der Waals surface area contributed by atoms with E-state index in [2.05, 4.69) is 0 Å². The molecule has 2 aromatic carbocycles. The third-order valence-electron chi connectivity index (χ3n) is 4.68. The quantitative estimate of drug-likeness (QED) is 0.332. The van der Waals surface area contributed by atoms with E-state index in [0.717, 1.165) is 22.1 Å². The van der Waals surface area contributed by atoms with Crippen molar-refractivity contribution in [2.45, 2.75) is 52.3 Å². The number of hydrogen-bond acceptors (Lipinski definition) is 6. The van der Waals surface area contributed by atoms with E-state index in [1.54, 1.807) is 27.9 Å². The van der Waals surface area contributed by atoms with Crippen LogP contribution in [0.5, 0.6) is 5.75 Å². The average molecular weight is 422 g/mol. The zero-order valence-electron chi connectivity index (χ0n) is 17.8. The van der Waals surface area contributed by atoms with Crippen LogP contribution >= 0.6 is 7.60 Å². The lowest BCUT2D eigenvalue weighted by atomic mass is 9.98. The first-order chi connectivity index (χ1) is 13.9. The van der Waals surface area contributed by atoms with Gasteiger partial charge < -0.3 is 18.5 Å². The number of ether oxygens (including phenoxy) is 2. The number of rotatable bonds is 11. The molecule has 0 amide bonds. The maximum Gasteiger partial charge on any atom is 0.370 e. The smallest absolute Gasteiger partial charge is 0.370 e. The molecule has 0 radical (unpaired) electrons. The van der Waals surface area contributed by atoms with Crippen molar-refractivity contribution in [1.29, 1.82) is 0 Å². The van der Waals surface area contributed by atoms with Crippen LogP contribution in [0.1, 0.15) is 52.0 Å². The lowest BCUT2D eigenvalue weighted by Crippen LogP contribution is -2.24. The van der Waals surface area contributed by atoms with Gasteiger partial charge in [-0.15, -0.1) is 0 Å². The second-order valence-corrected chi connectivity index (χ2v) is 8.92. The minimum absolute atomic E-state index is 0.221. The number of benzene rings is 2. The summed E-state index contributed by atoms with van der Waals surface area (Å²) in [4.78, 5) is 12.8. The average Bonchev–Trinajstić information content (AvgIpc) is 2.72. The van der Waals surface area contributed by atoms with Gasteiger partial charge in [-0.3, -0.25) is 9.36 Å². The Hall–Kier alpha value is -1.88. The van der Waals surface area contributed by atoms with Crippen molar-refractivity contribution in [2.75, 3.05) is 20.3 Å². The molecule has 29 heavy (non-hydrogen) atoms. The molecule has 2 rings (SSSR count). The Bertz CT molecular complexity index is 856. The molecule has 0 unspecified atom stereocenters. The Morgan fingerprint density at radius 2 is 1.62 bits per heavy atom. The Morgan fingerprint density at radius 1 is 1.00 bits per heavy atom. The topological polar surface area (TPSA) is 71.1 Å². The largest absolute Gasteiger partial charge is 0.497 e. The molecule has 0 N–H and O–H groups in total. The predicted molar refractivity (Wildman–Crippen MR) is 115 cm³/mol. The molecular formula is C22H31O6P. The molecule has 0 aliphatic rings. The molecule has 160 valence electrons. The van der Waals surface area contributed by atoms with Crippen molar-refractivity contribution in [3.05, 3.63) is 42.0 Å². The van der Waals surface area contributed by atoms with Gasteiger partial charge in [-0.2, -0.15) is 0 Å². The second-order valence-electron chi connectivity index (χ2n) is 6.75. The van der Waals surface area contributed by atoms with Crippen LogP contribution in [0.4, 0.5) is 0 Å². The van der Waals surface area contributed by atoms with Crippen molar-refractivity contribution < 1.29 is 27.9 Å². The van der Waals surface area contributed by atoms with Gasteiger partial charge in [0.05, 0.1) is 26.2 Å². The number of hydrogen-bond donors (Lipinski definition) is 0. The highest BCUT2D eigenvalue weighted by Gasteiger charge is 2.39. The summed E-state index contributed by atoms with van der Waals surface area (Å²) in [6, 6.07) is 11.6. The van der Waals surface area contributed by atoms with Crippen LogP contribution in [-0.4, -0.2) is 32.1 Å². The lowest BCUT2D eigenvalue weighted by Gasteiger charge is -2.27. The number of fused-ring (bicyclic) bond motifs is 1. The summed E-state index contributed by atoms with van der Waals surface area (Å²) in [6.45, 7) is 7.64. The van der Waals surface area contributed by atoms with E-state index in [9.17, 15) is 9.36 Å². The SMILES string of the molecule is CCC[C@@H](OC(=O)[C@H](C)c1ccc2cc(OC)ccc2c1)P(=O)(OCC)OCC. The molecule has 0 spiro atoms. The van der Waals surface area contributed by atoms with Gasteiger partial charge in [0.2, 0.25) is 5.85 Å². The molecule has 0 heterocycles. The molecule has 0 saturated carbocycles. The highest BCUT2D eigenvalue weighted by Crippen LogP contribution is 2.55. The van der Waals surface area contributed by atoms with Crippen LogP contribution in [0.15, 0.2) is 36.4 Å². The normalized spacial score (nSPS) is 13.8. The van der Waals surface area contributed by atoms with E-state index < -0.39 is 25.3 Å². The fraction of sp³-hybridized carbons (Fsp3) is 0.500. The minimum Gasteiger partial charge on any atom is -0.497 e. The summed E-state index contributed by atoms with van der Waals surface area (Å²) in [7, 11) is -1.91. The van der Waals surface area contributed by atoms with Gasteiger partial charge in [0.15, 0.2) is 0 Å². The van der Waals surface area contributed by atoms with Crippen LogP contribution in [-0.2, 0) is 23.1 Å². The number of carbonyl (C=O) groups is 1. The zero-order chi connectivity index (χ0) is 21.4. The lowest BCUT2D eigenvalue weighted by molar-refractivity contribution is -0.148. The first-order valence-corrected chi connectivity index (χ1v) is 11.7. The Balaban J connectivity index is 2.22. The Labute approximate surface area is 173 Å². The summed E-state index contributed by atoms with van der Waals surface area (Å²) in [5.74, 6) is -1.09. The minimum atomic E-state index is -3.54. The van der Waals surface area contributed by atoms with Crippen LogP contribution in [0.3, 0.4) is 0 Å². The molecular weight excluding hydrogens is 391 g/mol. The molecule has 0 aliphatic carbocycles. The van der Waals surface area contributed by atoms with Gasteiger partial charge in [-0.25, -0.2) is 0 Å². The van der Waals surface area contributed by atoms with E-state index in [-0.39, 0.29) is 13.2 Å². The summed E-state index contributed by atoms with van der Waals surface area (Å²) in [5.41, 5.74) is 0.825. The summed E-state index contributed by atoms with van der Waals surface area (Å²) >= 11 is 0.